The van der Waals surface area contributed by atoms with Gasteiger partial charge in [0.25, 0.3) is 0 Å². The number of hydrogen-bond acceptors (Lipinski definition) is 2. The minimum Gasteiger partial charge on any atom is -0.321 e. The van der Waals surface area contributed by atoms with Crippen LogP contribution in [0.5, 0.6) is 0 Å². The second-order valence-electron chi connectivity index (χ2n) is 10.9. The van der Waals surface area contributed by atoms with Crippen molar-refractivity contribution in [3.8, 4) is 0 Å². The van der Waals surface area contributed by atoms with E-state index in [0.29, 0.717) is 11.8 Å². The summed E-state index contributed by atoms with van der Waals surface area (Å²) in [6.07, 6.45) is 6.79. The van der Waals surface area contributed by atoms with E-state index in [-0.39, 0.29) is 0 Å². The Morgan fingerprint density at radius 2 is 1.63 bits per heavy atom. The summed E-state index contributed by atoms with van der Waals surface area (Å²) in [4.78, 5) is 0. The van der Waals surface area contributed by atoms with Crippen molar-refractivity contribution in [1.29, 1.82) is 0 Å². The number of nitrogens with one attached hydrogen (secondary N) is 1. The second-order valence-corrected chi connectivity index (χ2v) is 15.5. The smallest absolute Gasteiger partial charge is 0.126 e. The van der Waals surface area contributed by atoms with Gasteiger partial charge in [0.1, 0.15) is 8.24 Å². The largest absolute Gasteiger partial charge is 0.321 e. The van der Waals surface area contributed by atoms with Crippen LogP contribution in [0.15, 0.2) is 23.3 Å². The maximum atomic E-state index is 3.56. The molecule has 3 heteroatoms. The van der Waals surface area contributed by atoms with Gasteiger partial charge < -0.3 is 9.88 Å². The second kappa shape index (κ2) is 8.16. The molecule has 2 fully saturated rings. The van der Waals surface area contributed by atoms with Crippen LogP contribution in [-0.2, 0) is 0 Å². The van der Waals surface area contributed by atoms with Crippen LogP contribution in [0.4, 0.5) is 0 Å². The molecule has 4 unspecified atom stereocenters. The fourth-order valence-corrected chi connectivity index (χ4v) is 10.2. The van der Waals surface area contributed by atoms with Gasteiger partial charge in [0.15, 0.2) is 0 Å². The summed E-state index contributed by atoms with van der Waals surface area (Å²) in [5.74, 6) is 4.51. The lowest BCUT2D eigenvalue weighted by Gasteiger charge is -2.46. The molecule has 2 aliphatic carbocycles. The predicted octanol–water partition coefficient (Wildman–Crippen LogP) is 5.55. The van der Waals surface area contributed by atoms with Gasteiger partial charge in [-0.15, -0.1) is 0 Å². The van der Waals surface area contributed by atoms with E-state index < -0.39 is 8.24 Å². The minimum absolute atomic E-state index is 0.641. The summed E-state index contributed by atoms with van der Waals surface area (Å²) >= 11 is 0. The van der Waals surface area contributed by atoms with Crippen molar-refractivity contribution >= 4 is 8.24 Å². The van der Waals surface area contributed by atoms with Crippen molar-refractivity contribution in [2.45, 2.75) is 66.6 Å². The maximum absolute atomic E-state index is 3.56. The van der Waals surface area contributed by atoms with Gasteiger partial charge in [-0.1, -0.05) is 72.4 Å². The average Bonchev–Trinajstić information content (AvgIpc) is 3.02. The van der Waals surface area contributed by atoms with E-state index in [1.54, 1.807) is 11.1 Å². The molecule has 154 valence electrons. The molecule has 4 atom stereocenters. The normalized spacial score (nSPS) is 32.9. The summed E-state index contributed by atoms with van der Waals surface area (Å²) in [5, 5.41) is 3.56. The van der Waals surface area contributed by atoms with Crippen LogP contribution in [0.25, 0.3) is 0 Å². The van der Waals surface area contributed by atoms with E-state index in [4.69, 9.17) is 0 Å². The van der Waals surface area contributed by atoms with Crippen molar-refractivity contribution in [1.82, 2.24) is 9.88 Å². The Morgan fingerprint density at radius 3 is 2.15 bits per heavy atom. The van der Waals surface area contributed by atoms with Crippen LogP contribution < -0.4 is 5.32 Å². The Morgan fingerprint density at radius 1 is 1.00 bits per heavy atom. The molecule has 3 aliphatic rings. The fourth-order valence-electron chi connectivity index (χ4n) is 6.21. The average molecular weight is 389 g/mol. The van der Waals surface area contributed by atoms with Gasteiger partial charge in [-0.25, -0.2) is 0 Å². The predicted molar refractivity (Wildman–Crippen MR) is 121 cm³/mol. The van der Waals surface area contributed by atoms with Crippen LogP contribution in [-0.4, -0.2) is 39.0 Å². The number of rotatable bonds is 5. The molecule has 27 heavy (non-hydrogen) atoms. The lowest BCUT2D eigenvalue weighted by Crippen LogP contribution is -2.59. The third-order valence-corrected chi connectivity index (χ3v) is 12.5. The zero-order valence-corrected chi connectivity index (χ0v) is 20.2. The molecular formula is C24H44N2Si. The van der Waals surface area contributed by atoms with Gasteiger partial charge in [-0.3, -0.25) is 0 Å². The van der Waals surface area contributed by atoms with E-state index in [2.05, 4.69) is 76.7 Å². The molecule has 0 radical (unpaired) electrons. The Hall–Kier alpha value is -0.383. The zero-order chi connectivity index (χ0) is 19.9. The number of nitrogens with zero attached hydrogens (tertiary/aromatic N) is 1. The summed E-state index contributed by atoms with van der Waals surface area (Å²) in [5.41, 5.74) is 4.26. The molecule has 0 spiro atoms. The molecule has 0 aromatic heterocycles. The first-order chi connectivity index (χ1) is 12.6. The molecule has 0 aromatic carbocycles. The standard InChI is InChI=1S/C24H44N2Si/c1-16(2)19-13-20(17(3)4)24-21(18(5)6)15-23(22(24)14-19)27(7,8)26-11-9-25-10-12-26/h13-14,16-18,21-25H,9-12,15H2,1-8H3. The Labute approximate surface area is 170 Å². The topological polar surface area (TPSA) is 15.3 Å². The number of fused-ring (bicyclic) bond motifs is 1. The van der Waals surface area contributed by atoms with Crippen LogP contribution in [0.2, 0.25) is 18.6 Å². The van der Waals surface area contributed by atoms with Gasteiger partial charge in [-0.2, -0.15) is 0 Å². The molecule has 1 aliphatic heterocycles. The van der Waals surface area contributed by atoms with Gasteiger partial charge in [0, 0.05) is 26.2 Å². The molecule has 0 bridgehead atoms. The highest BCUT2D eigenvalue weighted by atomic mass is 28.3. The van der Waals surface area contributed by atoms with Crippen LogP contribution in [0.3, 0.4) is 0 Å². The van der Waals surface area contributed by atoms with Gasteiger partial charge >= 0.3 is 0 Å². The lowest BCUT2D eigenvalue weighted by molar-refractivity contribution is 0.290. The molecule has 1 saturated heterocycles. The van der Waals surface area contributed by atoms with Gasteiger partial charge in [-0.05, 0) is 53.0 Å². The Bertz CT molecular complexity index is 581. The molecule has 0 amide bonds. The molecule has 1 heterocycles. The van der Waals surface area contributed by atoms with E-state index >= 15 is 0 Å². The van der Waals surface area contributed by atoms with E-state index in [1.807, 2.05) is 0 Å². The Kier molecular flexibility index (Phi) is 6.45. The van der Waals surface area contributed by atoms with Crippen molar-refractivity contribution < 1.29 is 0 Å². The van der Waals surface area contributed by atoms with Crippen LogP contribution in [0, 0.1) is 35.5 Å². The third kappa shape index (κ3) is 4.02. The number of piperazine rings is 1. The summed E-state index contributed by atoms with van der Waals surface area (Å²) < 4.78 is 2.92. The highest BCUT2D eigenvalue weighted by Gasteiger charge is 2.53. The lowest BCUT2D eigenvalue weighted by atomic mass is 9.70. The first kappa shape index (κ1) is 21.3. The molecule has 3 rings (SSSR count). The quantitative estimate of drug-likeness (QED) is 0.621. The molecule has 2 nitrogen and oxygen atoms in total. The monoisotopic (exact) mass is 388 g/mol. The molecule has 0 aromatic rings. The summed E-state index contributed by atoms with van der Waals surface area (Å²) in [7, 11) is -1.47. The maximum Gasteiger partial charge on any atom is 0.126 e. The first-order valence-electron chi connectivity index (χ1n) is 11.5. The molecule has 1 N–H and O–H groups in total. The molecule has 1 saturated carbocycles. The van der Waals surface area contributed by atoms with Crippen LogP contribution in [0.1, 0.15) is 48.0 Å². The summed E-state index contributed by atoms with van der Waals surface area (Å²) in [6, 6.07) is 0. The third-order valence-electron chi connectivity index (χ3n) is 8.00. The van der Waals surface area contributed by atoms with Crippen molar-refractivity contribution in [2.24, 2.45) is 35.5 Å². The minimum atomic E-state index is -1.47. The van der Waals surface area contributed by atoms with E-state index in [9.17, 15) is 0 Å². The van der Waals surface area contributed by atoms with Crippen molar-refractivity contribution in [3.05, 3.63) is 23.3 Å². The van der Waals surface area contributed by atoms with Crippen molar-refractivity contribution in [2.75, 3.05) is 26.2 Å². The van der Waals surface area contributed by atoms with Crippen LogP contribution >= 0.6 is 0 Å². The van der Waals surface area contributed by atoms with Gasteiger partial charge in [0.2, 0.25) is 0 Å². The SMILES string of the molecule is CC(C)C1=CC2C(C(C(C)C)=C1)C(C(C)C)CC2[Si](C)(C)N1CCNCC1. The number of allylic oxidation sites excluding steroid dienone is 4. The fraction of sp³-hybridized carbons (Fsp3) is 0.833. The number of hydrogen-bond donors (Lipinski definition) is 1. The highest BCUT2D eigenvalue weighted by molar-refractivity contribution is 6.76. The highest BCUT2D eigenvalue weighted by Crippen LogP contribution is 2.59. The van der Waals surface area contributed by atoms with E-state index in [0.717, 1.165) is 29.2 Å². The Balaban J connectivity index is 2.00. The van der Waals surface area contributed by atoms with E-state index in [1.165, 1.54) is 32.6 Å². The van der Waals surface area contributed by atoms with Crippen molar-refractivity contribution in [3.63, 3.8) is 0 Å². The first-order valence-corrected chi connectivity index (χ1v) is 14.6. The van der Waals surface area contributed by atoms with Gasteiger partial charge in [0.05, 0.1) is 0 Å². The zero-order valence-electron chi connectivity index (χ0n) is 19.2. The summed E-state index contributed by atoms with van der Waals surface area (Å²) in [6.45, 7) is 24.8. The molecular weight excluding hydrogens is 344 g/mol.